The van der Waals surface area contributed by atoms with Gasteiger partial charge < -0.3 is 40.8 Å². The van der Waals surface area contributed by atoms with Gasteiger partial charge in [0.25, 0.3) is 15.6 Å². The maximum atomic E-state index is 8.77. The average molecular weight is 270 g/mol. The van der Waals surface area contributed by atoms with Crippen LogP contribution in [0, 0.1) is 0 Å². The third-order valence-corrected chi connectivity index (χ3v) is 0.500. The molecule has 0 aromatic carbocycles. The first-order valence-electron chi connectivity index (χ1n) is 3.53. The average Bonchev–Trinajstić information content (AvgIpc) is 1.80. The van der Waals surface area contributed by atoms with Gasteiger partial charge in [-0.15, -0.1) is 0 Å². The number of quaternary nitrogens is 2. The van der Waals surface area contributed by atoms with Crippen LogP contribution in [0.3, 0.4) is 0 Å². The smallest absolute Gasteiger partial charge is 0.262 e. The van der Waals surface area contributed by atoms with Gasteiger partial charge in [0.15, 0.2) is 0 Å². The van der Waals surface area contributed by atoms with Crippen molar-refractivity contribution in [2.75, 3.05) is 13.1 Å². The summed E-state index contributed by atoms with van der Waals surface area (Å²) in [6, 6.07) is 0. The molecule has 0 aromatic heterocycles. The van der Waals surface area contributed by atoms with Gasteiger partial charge in [-0.3, -0.25) is 9.13 Å². The molecule has 0 aliphatic heterocycles. The first-order valence-corrected chi connectivity index (χ1v) is 6.59. The first kappa shape index (κ1) is 20.5. The van der Waals surface area contributed by atoms with E-state index < -0.39 is 15.6 Å². The van der Waals surface area contributed by atoms with E-state index >= 15 is 0 Å². The minimum Gasteiger partial charge on any atom is -0.756 e. The van der Waals surface area contributed by atoms with Crippen molar-refractivity contribution in [3.8, 4) is 0 Å². The highest BCUT2D eigenvalue weighted by atomic mass is 31.2. The minimum absolute atomic E-state index is 1.03. The molecule has 0 aliphatic carbocycles. The molecule has 0 unspecified atom stereocenters. The van der Waals surface area contributed by atoms with Crippen LogP contribution in [0.2, 0.25) is 0 Å². The van der Waals surface area contributed by atoms with E-state index in [2.05, 4.69) is 11.5 Å². The standard InChI is InChI=1S/C3H10N2.2H3O4P/c4-2-1-3-5;2*1-5(2,3)4/h1-5H2;2*(H3,1,2,3,4). The molecular formula is C3H16N2O8P2. The molecule has 0 saturated carbocycles. The molecule has 0 atom stereocenters. The molecule has 0 spiro atoms. The van der Waals surface area contributed by atoms with E-state index in [1.165, 1.54) is 6.42 Å². The molecule has 10 N–H and O–H groups in total. The molecule has 15 heavy (non-hydrogen) atoms. The van der Waals surface area contributed by atoms with Gasteiger partial charge in [-0.1, -0.05) is 0 Å². The largest absolute Gasteiger partial charge is 0.756 e. The summed E-state index contributed by atoms with van der Waals surface area (Å²) in [7, 11) is -9.78. The predicted molar refractivity (Wildman–Crippen MR) is 44.2 cm³/mol. The predicted octanol–water partition coefficient (Wildman–Crippen LogP) is -5.26. The maximum Gasteiger partial charge on any atom is 0.262 e. The lowest BCUT2D eigenvalue weighted by Crippen LogP contribution is -2.56. The summed E-state index contributed by atoms with van der Waals surface area (Å²) in [6.07, 6.45) is 1.17. The highest BCUT2D eigenvalue weighted by molar-refractivity contribution is 7.43. The van der Waals surface area contributed by atoms with Crippen molar-refractivity contribution in [3.05, 3.63) is 0 Å². The Morgan fingerprint density at radius 3 is 1.00 bits per heavy atom. The molecule has 0 rings (SSSR count). The molecule has 0 heterocycles. The second kappa shape index (κ2) is 10.7. The van der Waals surface area contributed by atoms with E-state index in [0.29, 0.717) is 0 Å². The lowest BCUT2D eigenvalue weighted by Gasteiger charge is -2.01. The zero-order chi connectivity index (χ0) is 13.1. The molecule has 0 aliphatic rings. The van der Waals surface area contributed by atoms with Gasteiger partial charge in [0, 0.05) is 6.42 Å². The molecule has 0 radical (unpaired) electrons. The summed E-state index contributed by atoms with van der Waals surface area (Å²) in [4.78, 5) is 45.8. The Hall–Kier alpha value is 0.140. The summed E-state index contributed by atoms with van der Waals surface area (Å²) < 4.78 is 17.5. The molecule has 0 amide bonds. The van der Waals surface area contributed by atoms with Gasteiger partial charge in [-0.05, 0) is 0 Å². The van der Waals surface area contributed by atoms with Crippen LogP contribution >= 0.6 is 15.6 Å². The van der Waals surface area contributed by atoms with Crippen molar-refractivity contribution in [3.63, 3.8) is 0 Å². The topological polar surface area (TPSA) is 216 Å². The van der Waals surface area contributed by atoms with Crippen molar-refractivity contribution in [2.24, 2.45) is 0 Å². The summed E-state index contributed by atoms with van der Waals surface area (Å²) in [6.45, 7) is 2.06. The summed E-state index contributed by atoms with van der Waals surface area (Å²) in [5, 5.41) is 0. The van der Waals surface area contributed by atoms with E-state index in [1.54, 1.807) is 0 Å². The third kappa shape index (κ3) is 455. The molecule has 12 heteroatoms. The van der Waals surface area contributed by atoms with Crippen LogP contribution in [0.1, 0.15) is 6.42 Å². The Balaban J connectivity index is -0.000000144. The number of phosphoric acid groups is 2. The van der Waals surface area contributed by atoms with Crippen molar-refractivity contribution in [1.29, 1.82) is 0 Å². The van der Waals surface area contributed by atoms with Crippen molar-refractivity contribution in [1.82, 2.24) is 0 Å². The van der Waals surface area contributed by atoms with Crippen LogP contribution in [0.15, 0.2) is 0 Å². The molecule has 0 bridgehead atoms. The fourth-order valence-electron chi connectivity index (χ4n) is 0.177. The number of hydrogen-bond acceptors (Lipinski definition) is 4. The summed E-state index contributed by atoms with van der Waals surface area (Å²) in [5.41, 5.74) is 7.27. The Morgan fingerprint density at radius 1 is 0.867 bits per heavy atom. The first-order chi connectivity index (χ1) is 6.41. The fraction of sp³-hybridized carbons (Fsp3) is 1.00. The summed E-state index contributed by atoms with van der Waals surface area (Å²) in [5.74, 6) is 0. The molecule has 96 valence electrons. The monoisotopic (exact) mass is 270 g/mol. The number of hydrogen-bond donors (Lipinski definition) is 6. The van der Waals surface area contributed by atoms with Crippen LogP contribution in [-0.2, 0) is 9.13 Å². The van der Waals surface area contributed by atoms with Crippen molar-refractivity contribution >= 4 is 15.6 Å². The Kier molecular flexibility index (Phi) is 14.6. The zero-order valence-corrected chi connectivity index (χ0v) is 9.64. The lowest BCUT2D eigenvalue weighted by atomic mass is 10.4. The highest BCUT2D eigenvalue weighted by Crippen LogP contribution is 2.19. The lowest BCUT2D eigenvalue weighted by molar-refractivity contribution is -0.404. The highest BCUT2D eigenvalue weighted by Gasteiger charge is 1.82. The Morgan fingerprint density at radius 2 is 1.00 bits per heavy atom. The Labute approximate surface area is 86.0 Å². The fourth-order valence-corrected chi connectivity index (χ4v) is 0.177. The zero-order valence-electron chi connectivity index (χ0n) is 7.85. The van der Waals surface area contributed by atoms with E-state index in [4.69, 9.17) is 38.5 Å². The van der Waals surface area contributed by atoms with Crippen LogP contribution in [0.4, 0.5) is 0 Å². The van der Waals surface area contributed by atoms with Crippen molar-refractivity contribution in [2.45, 2.75) is 6.42 Å². The third-order valence-electron chi connectivity index (χ3n) is 0.500. The van der Waals surface area contributed by atoms with Gasteiger partial charge in [-0.2, -0.15) is 0 Å². The van der Waals surface area contributed by atoms with E-state index in [0.717, 1.165) is 13.1 Å². The molecule has 0 saturated heterocycles. The van der Waals surface area contributed by atoms with Gasteiger partial charge >= 0.3 is 0 Å². The quantitative estimate of drug-likeness (QED) is 0.265. The van der Waals surface area contributed by atoms with Gasteiger partial charge in [0.2, 0.25) is 0 Å². The van der Waals surface area contributed by atoms with E-state index in [1.807, 2.05) is 0 Å². The summed E-state index contributed by atoms with van der Waals surface area (Å²) >= 11 is 0. The second-order valence-electron chi connectivity index (χ2n) is 2.04. The maximum absolute atomic E-state index is 8.77. The SMILES string of the molecule is O=P([O-])(O)O.O=P([O-])(O)O.[NH3+]CCC[NH3+]. The van der Waals surface area contributed by atoms with Crippen LogP contribution in [-0.4, -0.2) is 32.7 Å². The second-order valence-corrected chi connectivity index (χ2v) is 4.00. The van der Waals surface area contributed by atoms with Gasteiger partial charge in [0.05, 0.1) is 13.1 Å². The molecule has 0 aromatic rings. The van der Waals surface area contributed by atoms with Crippen LogP contribution in [0.5, 0.6) is 0 Å². The molecule has 0 fully saturated rings. The van der Waals surface area contributed by atoms with E-state index in [9.17, 15) is 0 Å². The van der Waals surface area contributed by atoms with Gasteiger partial charge in [0.1, 0.15) is 0 Å². The van der Waals surface area contributed by atoms with Gasteiger partial charge in [-0.25, -0.2) is 0 Å². The minimum atomic E-state index is -4.89. The van der Waals surface area contributed by atoms with Crippen LogP contribution < -0.4 is 21.3 Å². The number of rotatable bonds is 2. The molecule has 10 nitrogen and oxygen atoms in total. The van der Waals surface area contributed by atoms with Crippen LogP contribution in [0.25, 0.3) is 0 Å². The molecular weight excluding hydrogens is 254 g/mol. The Bertz CT molecular complexity index is 171. The van der Waals surface area contributed by atoms with Crippen molar-refractivity contribution < 1.29 is 50.0 Å². The van der Waals surface area contributed by atoms with E-state index in [-0.39, 0.29) is 0 Å². The normalized spacial score (nSPS) is 10.7.